The minimum atomic E-state index is -0.478. The summed E-state index contributed by atoms with van der Waals surface area (Å²) in [6.45, 7) is 2.76. The van der Waals surface area contributed by atoms with Crippen molar-refractivity contribution in [1.82, 2.24) is 14.8 Å². The summed E-state index contributed by atoms with van der Waals surface area (Å²) in [6, 6.07) is 14.4. The van der Waals surface area contributed by atoms with Gasteiger partial charge in [0.2, 0.25) is 0 Å². The second-order valence-electron chi connectivity index (χ2n) is 8.50. The minimum absolute atomic E-state index is 0.0123. The fourth-order valence-corrected chi connectivity index (χ4v) is 5.29. The predicted octanol–water partition coefficient (Wildman–Crippen LogP) is 4.57. The molecule has 0 bridgehead atoms. The summed E-state index contributed by atoms with van der Waals surface area (Å²) in [5, 5.41) is 2.36. The van der Waals surface area contributed by atoms with Crippen molar-refractivity contribution >= 4 is 23.2 Å². The van der Waals surface area contributed by atoms with Crippen molar-refractivity contribution in [1.29, 1.82) is 0 Å². The molecule has 0 N–H and O–H groups in total. The van der Waals surface area contributed by atoms with Gasteiger partial charge in [-0.3, -0.25) is 9.59 Å². The lowest BCUT2D eigenvalue weighted by molar-refractivity contribution is 0.0227. The molecule has 32 heavy (non-hydrogen) atoms. The van der Waals surface area contributed by atoms with Gasteiger partial charge < -0.3 is 9.80 Å². The first-order valence-electron chi connectivity index (χ1n) is 10.9. The minimum Gasteiger partial charge on any atom is -0.339 e. The van der Waals surface area contributed by atoms with Gasteiger partial charge in [0.15, 0.2) is 5.01 Å². The van der Waals surface area contributed by atoms with Crippen molar-refractivity contribution in [2.75, 3.05) is 26.2 Å². The molecule has 2 aromatic carbocycles. The zero-order valence-corrected chi connectivity index (χ0v) is 18.4. The zero-order valence-electron chi connectivity index (χ0n) is 17.6. The highest BCUT2D eigenvalue weighted by Gasteiger charge is 2.39. The van der Waals surface area contributed by atoms with Gasteiger partial charge in [0, 0.05) is 37.8 Å². The van der Waals surface area contributed by atoms with Crippen LogP contribution >= 0.6 is 11.3 Å². The van der Waals surface area contributed by atoms with E-state index in [0.29, 0.717) is 29.9 Å². The van der Waals surface area contributed by atoms with E-state index in [1.165, 1.54) is 17.4 Å². The standard InChI is InChI=1S/C25H24FN3O2S/c26-22-14-19(17-4-2-1-3-5-17)6-7-21(22)24(30)28-11-8-18(9-12-28)20-15-29(16-20)25(31)23-27-10-13-32-23/h1-7,10,13-14,18,20H,8-9,11-12,15-16H2. The van der Waals surface area contributed by atoms with E-state index in [0.717, 1.165) is 37.1 Å². The van der Waals surface area contributed by atoms with Crippen LogP contribution in [0.25, 0.3) is 11.1 Å². The van der Waals surface area contributed by atoms with Crippen LogP contribution in [-0.4, -0.2) is 52.8 Å². The quantitative estimate of drug-likeness (QED) is 0.586. The van der Waals surface area contributed by atoms with Gasteiger partial charge >= 0.3 is 0 Å². The van der Waals surface area contributed by atoms with Crippen LogP contribution in [0.1, 0.15) is 33.0 Å². The second-order valence-corrected chi connectivity index (χ2v) is 9.39. The summed E-state index contributed by atoms with van der Waals surface area (Å²) < 4.78 is 14.8. The number of aromatic nitrogens is 1. The summed E-state index contributed by atoms with van der Waals surface area (Å²) in [7, 11) is 0. The molecule has 5 nitrogen and oxygen atoms in total. The Balaban J connectivity index is 1.15. The van der Waals surface area contributed by atoms with Crippen molar-refractivity contribution in [3.05, 3.63) is 76.5 Å². The van der Waals surface area contributed by atoms with Crippen LogP contribution in [0.2, 0.25) is 0 Å². The summed E-state index contributed by atoms with van der Waals surface area (Å²) >= 11 is 1.37. The third-order valence-corrected chi connectivity index (χ3v) is 7.37. The molecular weight excluding hydrogens is 425 g/mol. The first-order chi connectivity index (χ1) is 15.6. The van der Waals surface area contributed by atoms with E-state index in [2.05, 4.69) is 4.98 Å². The van der Waals surface area contributed by atoms with Crippen LogP contribution < -0.4 is 0 Å². The monoisotopic (exact) mass is 449 g/mol. The SMILES string of the molecule is O=C(c1nccs1)N1CC(C2CCN(C(=O)c3ccc(-c4ccccc4)cc3F)CC2)C1. The molecular formula is C25H24FN3O2S. The molecule has 0 saturated carbocycles. The van der Waals surface area contributed by atoms with E-state index >= 15 is 0 Å². The Hall–Kier alpha value is -3.06. The Morgan fingerprint density at radius 2 is 1.66 bits per heavy atom. The molecule has 1 aromatic heterocycles. The zero-order chi connectivity index (χ0) is 22.1. The lowest BCUT2D eigenvalue weighted by Gasteiger charge is -2.45. The highest BCUT2D eigenvalue weighted by atomic mass is 32.1. The van der Waals surface area contributed by atoms with Crippen LogP contribution in [0.4, 0.5) is 4.39 Å². The number of hydrogen-bond donors (Lipinski definition) is 0. The number of likely N-dealkylation sites (tertiary alicyclic amines) is 2. The smallest absolute Gasteiger partial charge is 0.282 e. The van der Waals surface area contributed by atoms with E-state index in [-0.39, 0.29) is 17.4 Å². The van der Waals surface area contributed by atoms with E-state index in [9.17, 15) is 14.0 Å². The molecule has 0 spiro atoms. The molecule has 2 fully saturated rings. The van der Waals surface area contributed by atoms with E-state index in [4.69, 9.17) is 0 Å². The van der Waals surface area contributed by atoms with Crippen LogP contribution in [0, 0.1) is 17.7 Å². The molecule has 3 aromatic rings. The number of benzene rings is 2. The van der Waals surface area contributed by atoms with Gasteiger partial charge in [-0.25, -0.2) is 9.37 Å². The molecule has 3 heterocycles. The fourth-order valence-electron chi connectivity index (χ4n) is 4.68. The van der Waals surface area contributed by atoms with Crippen molar-refractivity contribution in [2.24, 2.45) is 11.8 Å². The van der Waals surface area contributed by atoms with Gasteiger partial charge in [-0.15, -0.1) is 11.3 Å². The van der Waals surface area contributed by atoms with Gasteiger partial charge in [-0.1, -0.05) is 36.4 Å². The first-order valence-corrected chi connectivity index (χ1v) is 11.8. The van der Waals surface area contributed by atoms with E-state index in [1.54, 1.807) is 23.2 Å². The maximum absolute atomic E-state index is 14.8. The molecule has 0 atom stereocenters. The molecule has 164 valence electrons. The van der Waals surface area contributed by atoms with Gasteiger partial charge in [-0.05, 0) is 47.9 Å². The van der Waals surface area contributed by atoms with E-state index < -0.39 is 5.82 Å². The average molecular weight is 450 g/mol. The number of carbonyl (C=O) groups excluding carboxylic acids is 2. The van der Waals surface area contributed by atoms with Gasteiger partial charge in [-0.2, -0.15) is 0 Å². The third-order valence-electron chi connectivity index (χ3n) is 6.61. The maximum atomic E-state index is 14.8. The Morgan fingerprint density at radius 1 is 0.906 bits per heavy atom. The predicted molar refractivity (Wildman–Crippen MR) is 122 cm³/mol. The number of carbonyl (C=O) groups is 2. The molecule has 0 radical (unpaired) electrons. The lowest BCUT2D eigenvalue weighted by atomic mass is 9.79. The number of nitrogens with zero attached hydrogens (tertiary/aromatic N) is 3. The molecule has 0 unspecified atom stereocenters. The molecule has 2 aliphatic rings. The number of hydrogen-bond acceptors (Lipinski definition) is 4. The topological polar surface area (TPSA) is 53.5 Å². The van der Waals surface area contributed by atoms with Crippen molar-refractivity contribution in [3.8, 4) is 11.1 Å². The van der Waals surface area contributed by atoms with Crippen LogP contribution in [0.15, 0.2) is 60.1 Å². The summed E-state index contributed by atoms with van der Waals surface area (Å²) in [5.41, 5.74) is 1.82. The van der Waals surface area contributed by atoms with Crippen LogP contribution in [0.5, 0.6) is 0 Å². The molecule has 2 amide bonds. The molecule has 0 aliphatic carbocycles. The summed E-state index contributed by atoms with van der Waals surface area (Å²) in [4.78, 5) is 33.0. The second kappa shape index (κ2) is 8.82. The van der Waals surface area contributed by atoms with Crippen molar-refractivity contribution < 1.29 is 14.0 Å². The Bertz CT molecular complexity index is 1110. The van der Waals surface area contributed by atoms with Gasteiger partial charge in [0.25, 0.3) is 11.8 Å². The van der Waals surface area contributed by atoms with Gasteiger partial charge in [0.05, 0.1) is 5.56 Å². The first kappa shape index (κ1) is 20.8. The highest BCUT2D eigenvalue weighted by Crippen LogP contribution is 2.33. The fraction of sp³-hybridized carbons (Fsp3) is 0.320. The van der Waals surface area contributed by atoms with Gasteiger partial charge in [0.1, 0.15) is 5.82 Å². The van der Waals surface area contributed by atoms with E-state index in [1.807, 2.05) is 40.6 Å². The summed E-state index contributed by atoms with van der Waals surface area (Å²) in [6.07, 6.45) is 3.43. The molecule has 2 saturated heterocycles. The number of piperidine rings is 1. The highest BCUT2D eigenvalue weighted by molar-refractivity contribution is 7.11. The number of thiazole rings is 1. The summed E-state index contributed by atoms with van der Waals surface area (Å²) in [5.74, 6) is 0.254. The largest absolute Gasteiger partial charge is 0.339 e. The average Bonchev–Trinajstić information content (AvgIpc) is 3.34. The normalized spacial score (nSPS) is 17.3. The Labute approximate surface area is 190 Å². The van der Waals surface area contributed by atoms with Crippen molar-refractivity contribution in [2.45, 2.75) is 12.8 Å². The number of amides is 2. The van der Waals surface area contributed by atoms with Crippen LogP contribution in [-0.2, 0) is 0 Å². The lowest BCUT2D eigenvalue weighted by Crippen LogP contribution is -2.54. The third kappa shape index (κ3) is 4.05. The Kier molecular flexibility index (Phi) is 5.74. The maximum Gasteiger partial charge on any atom is 0.282 e. The van der Waals surface area contributed by atoms with Crippen LogP contribution in [0.3, 0.4) is 0 Å². The number of halogens is 1. The van der Waals surface area contributed by atoms with Crippen molar-refractivity contribution in [3.63, 3.8) is 0 Å². The molecule has 5 rings (SSSR count). The number of rotatable bonds is 4. The molecule has 2 aliphatic heterocycles. The Morgan fingerprint density at radius 3 is 2.31 bits per heavy atom. The molecule has 7 heteroatoms.